The van der Waals surface area contributed by atoms with Crippen molar-refractivity contribution in [1.29, 1.82) is 0 Å². The van der Waals surface area contributed by atoms with Gasteiger partial charge in [-0.3, -0.25) is 0 Å². The van der Waals surface area contributed by atoms with E-state index in [1.807, 2.05) is 20.8 Å². The average Bonchev–Trinajstić information content (AvgIpc) is 2.65. The van der Waals surface area contributed by atoms with E-state index >= 15 is 0 Å². The summed E-state index contributed by atoms with van der Waals surface area (Å²) < 4.78 is 0. The fourth-order valence-electron chi connectivity index (χ4n) is 2.18. The predicted molar refractivity (Wildman–Crippen MR) is 112 cm³/mol. The summed E-state index contributed by atoms with van der Waals surface area (Å²) in [5.41, 5.74) is -0.0417. The molecule has 0 unspecified atom stereocenters. The van der Waals surface area contributed by atoms with Gasteiger partial charge in [0.05, 0.1) is 0 Å². The van der Waals surface area contributed by atoms with Crippen LogP contribution in [0.2, 0.25) is 0 Å². The van der Waals surface area contributed by atoms with E-state index in [4.69, 9.17) is 6.42 Å². The van der Waals surface area contributed by atoms with Crippen molar-refractivity contribution in [3.05, 3.63) is 97.4 Å². The Morgan fingerprint density at radius 1 is 0.615 bits per heavy atom. The van der Waals surface area contributed by atoms with E-state index in [1.165, 1.54) is 15.9 Å². The Balaban J connectivity index is 0.000000422. The zero-order valence-electron chi connectivity index (χ0n) is 15.4. The Bertz CT molecular complexity index is 690. The largest absolute Gasteiger partial charge is 1.00 e. The monoisotopic (exact) mass is 540 g/mol. The van der Waals surface area contributed by atoms with E-state index in [2.05, 4.69) is 96.9 Å². The molecule has 2 heteroatoms. The van der Waals surface area contributed by atoms with Crippen LogP contribution in [-0.4, -0.2) is 0 Å². The summed E-state index contributed by atoms with van der Waals surface area (Å²) in [4.78, 5) is 0. The molecule has 0 nitrogen and oxygen atoms in total. The van der Waals surface area contributed by atoms with Gasteiger partial charge >= 0.3 is 22.4 Å². The van der Waals surface area contributed by atoms with E-state index in [9.17, 15) is 0 Å². The van der Waals surface area contributed by atoms with Crippen LogP contribution >= 0.6 is 7.92 Å². The molecule has 0 N–H and O–H groups in total. The second-order valence-corrected chi connectivity index (χ2v) is 8.94. The van der Waals surface area contributed by atoms with E-state index in [-0.39, 0.29) is 27.8 Å². The first-order valence-electron chi connectivity index (χ1n) is 8.40. The minimum absolute atomic E-state index is 0. The molecule has 0 aliphatic carbocycles. The molecule has 0 spiro atoms. The van der Waals surface area contributed by atoms with Gasteiger partial charge in [-0.15, -0.1) is 0 Å². The van der Waals surface area contributed by atoms with Gasteiger partial charge in [0.15, 0.2) is 0 Å². The molecule has 3 rings (SSSR count). The summed E-state index contributed by atoms with van der Waals surface area (Å²) in [6.07, 6.45) is 6.60. The second kappa shape index (κ2) is 11.2. The Kier molecular flexibility index (Phi) is 9.64. The molecule has 136 valence electrons. The topological polar surface area (TPSA) is 0 Å². The van der Waals surface area contributed by atoms with Crippen LogP contribution in [-0.2, 0) is 22.4 Å². The summed E-state index contributed by atoms with van der Waals surface area (Å²) in [6, 6.07) is 32.3. The van der Waals surface area contributed by atoms with Crippen molar-refractivity contribution in [3.63, 3.8) is 0 Å². The van der Waals surface area contributed by atoms with E-state index in [1.54, 1.807) is 0 Å². The van der Waals surface area contributed by atoms with Crippen molar-refractivity contribution in [2.45, 2.75) is 20.8 Å². The van der Waals surface area contributed by atoms with Gasteiger partial charge in [0, 0.05) is 0 Å². The Morgan fingerprint density at radius 2 is 0.846 bits per heavy atom. The van der Waals surface area contributed by atoms with Gasteiger partial charge < -0.3 is 12.3 Å². The van der Waals surface area contributed by atoms with E-state index in [0.29, 0.717) is 0 Å². The molecule has 0 aliphatic rings. The van der Waals surface area contributed by atoms with Gasteiger partial charge in [-0.25, -0.2) is 0 Å². The van der Waals surface area contributed by atoms with Crippen molar-refractivity contribution < 1.29 is 22.4 Å². The van der Waals surface area contributed by atoms with Crippen LogP contribution < -0.4 is 15.9 Å². The van der Waals surface area contributed by atoms with Crippen LogP contribution in [0.25, 0.3) is 0 Å². The SMILES string of the molecule is [Au+].[C-]#CC(C)(C)C.c1ccc(P(c2ccccc2)c2ccccc2)cc1. The van der Waals surface area contributed by atoms with Gasteiger partial charge in [0.25, 0.3) is 0 Å². The number of hydrogen-bond donors (Lipinski definition) is 0. The van der Waals surface area contributed by atoms with Crippen LogP contribution in [0.4, 0.5) is 0 Å². The molecular weight excluding hydrogens is 516 g/mol. The third-order valence-electron chi connectivity index (χ3n) is 3.42. The van der Waals surface area contributed by atoms with Crippen LogP contribution in [0.3, 0.4) is 0 Å². The van der Waals surface area contributed by atoms with Crippen molar-refractivity contribution in [1.82, 2.24) is 0 Å². The summed E-state index contributed by atoms with van der Waals surface area (Å²) in [6.45, 7) is 5.83. The Hall–Kier alpha value is -1.61. The smallest absolute Gasteiger partial charge is 0.693 e. The zero-order chi connectivity index (χ0) is 18.1. The molecule has 0 atom stereocenters. The molecule has 0 bridgehead atoms. The van der Waals surface area contributed by atoms with Crippen molar-refractivity contribution >= 4 is 23.8 Å². The number of hydrogen-bond acceptors (Lipinski definition) is 0. The quantitative estimate of drug-likeness (QED) is 0.189. The molecule has 3 aromatic carbocycles. The molecule has 26 heavy (non-hydrogen) atoms. The number of benzene rings is 3. The zero-order valence-corrected chi connectivity index (χ0v) is 18.5. The van der Waals surface area contributed by atoms with Crippen LogP contribution in [0, 0.1) is 17.8 Å². The molecular formula is C24H24AuP. The molecule has 0 heterocycles. The van der Waals surface area contributed by atoms with Gasteiger partial charge in [0.1, 0.15) is 0 Å². The standard InChI is InChI=1S/C18H15P.C6H9.Au/c1-4-10-16(11-5-1)19(17-12-6-2-7-13-17)18-14-8-3-9-15-18;1-5-6(2,3)4;/h1-15H;2-4H3;/q;-1;+1. The third kappa shape index (κ3) is 7.33. The molecule has 0 amide bonds. The minimum atomic E-state index is -0.446. The molecule has 0 aliphatic heterocycles. The molecule has 0 fully saturated rings. The fourth-order valence-corrected chi connectivity index (χ4v) is 4.48. The molecule has 0 saturated heterocycles. The van der Waals surface area contributed by atoms with Crippen LogP contribution in [0.15, 0.2) is 91.0 Å². The fraction of sp³-hybridized carbons (Fsp3) is 0.167. The first-order valence-corrected chi connectivity index (χ1v) is 9.74. The first-order chi connectivity index (χ1) is 12.0. The van der Waals surface area contributed by atoms with Crippen LogP contribution in [0.5, 0.6) is 0 Å². The van der Waals surface area contributed by atoms with E-state index in [0.717, 1.165) is 0 Å². The minimum Gasteiger partial charge on any atom is -0.693 e. The average molecular weight is 540 g/mol. The van der Waals surface area contributed by atoms with Crippen molar-refractivity contribution in [3.8, 4) is 5.92 Å². The summed E-state index contributed by atoms with van der Waals surface area (Å²) in [5, 5.41) is 4.19. The van der Waals surface area contributed by atoms with Crippen molar-refractivity contribution in [2.75, 3.05) is 0 Å². The molecule has 3 aromatic rings. The van der Waals surface area contributed by atoms with Gasteiger partial charge in [-0.1, -0.05) is 112 Å². The van der Waals surface area contributed by atoms with Gasteiger partial charge in [-0.05, 0) is 29.3 Å². The van der Waals surface area contributed by atoms with Crippen molar-refractivity contribution in [2.24, 2.45) is 5.41 Å². The second-order valence-electron chi connectivity index (χ2n) is 6.72. The maximum atomic E-state index is 6.60. The maximum Gasteiger partial charge on any atom is 1.00 e. The third-order valence-corrected chi connectivity index (χ3v) is 5.86. The van der Waals surface area contributed by atoms with Gasteiger partial charge in [-0.2, -0.15) is 0 Å². The summed E-state index contributed by atoms with van der Waals surface area (Å²) >= 11 is 0. The first kappa shape index (κ1) is 22.4. The normalized spacial score (nSPS) is 10.1. The molecule has 0 saturated carbocycles. The van der Waals surface area contributed by atoms with Gasteiger partial charge in [0.2, 0.25) is 0 Å². The Labute approximate surface area is 175 Å². The molecule has 0 radical (unpaired) electrons. The predicted octanol–water partition coefficient (Wildman–Crippen LogP) is 5.06. The number of rotatable bonds is 3. The Morgan fingerprint density at radius 3 is 1.04 bits per heavy atom. The summed E-state index contributed by atoms with van der Waals surface area (Å²) in [5.74, 6) is 2.35. The van der Waals surface area contributed by atoms with E-state index < -0.39 is 7.92 Å². The van der Waals surface area contributed by atoms with Crippen LogP contribution in [0.1, 0.15) is 20.8 Å². The maximum absolute atomic E-state index is 6.60. The molecule has 0 aromatic heterocycles. The summed E-state index contributed by atoms with van der Waals surface area (Å²) in [7, 11) is -0.446.